The van der Waals surface area contributed by atoms with Crippen LogP contribution in [0.2, 0.25) is 0 Å². The maximum absolute atomic E-state index is 13.2. The molecule has 0 spiro atoms. The number of phenolic OH excluding ortho intramolecular Hbond substituents is 2. The molecule has 0 aliphatic heterocycles. The van der Waals surface area contributed by atoms with Gasteiger partial charge in [0.25, 0.3) is 0 Å². The van der Waals surface area contributed by atoms with Crippen molar-refractivity contribution < 1.29 is 14.6 Å². The molecule has 100 valence electrons. The van der Waals surface area contributed by atoms with Gasteiger partial charge in [-0.05, 0) is 30.3 Å². The molecular weight excluding hydrogens is 277 g/mol. The van der Waals surface area contributed by atoms with Gasteiger partial charge >= 0.3 is 0 Å². The maximum atomic E-state index is 13.2. The summed E-state index contributed by atoms with van der Waals surface area (Å²) in [5.41, 5.74) is 2.08. The number of thiazole rings is 1. The average molecular weight is 287 g/mol. The van der Waals surface area contributed by atoms with Crippen molar-refractivity contribution in [3.05, 3.63) is 53.7 Å². The highest BCUT2D eigenvalue weighted by molar-refractivity contribution is 7.13. The lowest BCUT2D eigenvalue weighted by molar-refractivity contribution is 0.404. The molecule has 2 N–H and O–H groups in total. The lowest BCUT2D eigenvalue weighted by Crippen LogP contribution is -1.81. The standard InChI is InChI=1S/C15H10FNO2S/c16-11-3-1-2-10(6-11)15-17-12(8-20-15)9-4-5-13(18)14(19)7-9/h1-8,18-19H. The molecule has 3 nitrogen and oxygen atoms in total. The number of aromatic hydroxyl groups is 2. The Labute approximate surface area is 118 Å². The molecule has 0 bridgehead atoms. The zero-order valence-electron chi connectivity index (χ0n) is 10.2. The van der Waals surface area contributed by atoms with Crippen LogP contribution in [0, 0.1) is 5.82 Å². The molecule has 3 rings (SSSR count). The molecule has 0 atom stereocenters. The largest absolute Gasteiger partial charge is 0.504 e. The van der Waals surface area contributed by atoms with Crippen LogP contribution in [0.3, 0.4) is 0 Å². The lowest BCUT2D eigenvalue weighted by Gasteiger charge is -2.00. The Kier molecular flexibility index (Phi) is 3.12. The molecule has 3 aromatic rings. The summed E-state index contributed by atoms with van der Waals surface area (Å²) in [6, 6.07) is 10.8. The summed E-state index contributed by atoms with van der Waals surface area (Å²) >= 11 is 1.39. The fourth-order valence-electron chi connectivity index (χ4n) is 1.84. The van der Waals surface area contributed by atoms with Crippen LogP contribution in [-0.2, 0) is 0 Å². The first-order valence-electron chi connectivity index (χ1n) is 5.87. The Bertz CT molecular complexity index is 770. The smallest absolute Gasteiger partial charge is 0.158 e. The van der Waals surface area contributed by atoms with Gasteiger partial charge in [0.15, 0.2) is 11.5 Å². The number of halogens is 1. The summed E-state index contributed by atoms with van der Waals surface area (Å²) in [6.45, 7) is 0. The van der Waals surface area contributed by atoms with Crippen molar-refractivity contribution in [3.63, 3.8) is 0 Å². The van der Waals surface area contributed by atoms with Gasteiger partial charge in [-0.25, -0.2) is 9.37 Å². The molecule has 0 fully saturated rings. The molecule has 5 heteroatoms. The van der Waals surface area contributed by atoms with E-state index in [2.05, 4.69) is 4.98 Å². The van der Waals surface area contributed by atoms with Crippen molar-refractivity contribution in [3.8, 4) is 33.3 Å². The number of hydrogen-bond donors (Lipinski definition) is 2. The molecule has 0 aliphatic carbocycles. The summed E-state index contributed by atoms with van der Waals surface area (Å²) in [5, 5.41) is 21.3. The van der Waals surface area contributed by atoms with Crippen LogP contribution in [0.15, 0.2) is 47.8 Å². The van der Waals surface area contributed by atoms with E-state index in [9.17, 15) is 14.6 Å². The van der Waals surface area contributed by atoms with Gasteiger partial charge in [-0.2, -0.15) is 0 Å². The number of benzene rings is 2. The maximum Gasteiger partial charge on any atom is 0.158 e. The highest BCUT2D eigenvalue weighted by Crippen LogP contribution is 2.33. The van der Waals surface area contributed by atoms with E-state index in [0.717, 1.165) is 0 Å². The van der Waals surface area contributed by atoms with Crippen LogP contribution >= 0.6 is 11.3 Å². The third-order valence-corrected chi connectivity index (χ3v) is 3.74. The van der Waals surface area contributed by atoms with E-state index in [4.69, 9.17) is 0 Å². The summed E-state index contributed by atoms with van der Waals surface area (Å²) in [7, 11) is 0. The average Bonchev–Trinajstić information content (AvgIpc) is 2.92. The molecule has 0 saturated carbocycles. The van der Waals surface area contributed by atoms with Crippen LogP contribution in [0.5, 0.6) is 11.5 Å². The molecular formula is C15H10FNO2S. The van der Waals surface area contributed by atoms with Crippen LogP contribution in [0.1, 0.15) is 0 Å². The summed E-state index contributed by atoms with van der Waals surface area (Å²) in [5.74, 6) is -0.668. The van der Waals surface area contributed by atoms with Crippen molar-refractivity contribution in [1.29, 1.82) is 0 Å². The topological polar surface area (TPSA) is 53.4 Å². The minimum atomic E-state index is -0.304. The Morgan fingerprint density at radius 3 is 2.55 bits per heavy atom. The Balaban J connectivity index is 1.99. The van der Waals surface area contributed by atoms with Crippen molar-refractivity contribution in [2.75, 3.05) is 0 Å². The second-order valence-corrected chi connectivity index (χ2v) is 5.11. The number of aromatic nitrogens is 1. The Morgan fingerprint density at radius 2 is 1.80 bits per heavy atom. The fourth-order valence-corrected chi connectivity index (χ4v) is 2.67. The van der Waals surface area contributed by atoms with E-state index in [-0.39, 0.29) is 17.3 Å². The highest BCUT2D eigenvalue weighted by atomic mass is 32.1. The molecule has 0 aliphatic rings. The predicted octanol–water partition coefficient (Wildman–Crippen LogP) is 4.03. The van der Waals surface area contributed by atoms with E-state index in [1.807, 2.05) is 5.38 Å². The van der Waals surface area contributed by atoms with Gasteiger partial charge in [0.1, 0.15) is 10.8 Å². The number of hydrogen-bond acceptors (Lipinski definition) is 4. The van der Waals surface area contributed by atoms with Gasteiger partial charge in [-0.1, -0.05) is 12.1 Å². The number of nitrogens with zero attached hydrogens (tertiary/aromatic N) is 1. The zero-order chi connectivity index (χ0) is 14.1. The van der Waals surface area contributed by atoms with Gasteiger partial charge in [-0.15, -0.1) is 11.3 Å². The first kappa shape index (κ1) is 12.6. The van der Waals surface area contributed by atoms with Crippen molar-refractivity contribution >= 4 is 11.3 Å². The minimum absolute atomic E-state index is 0.172. The van der Waals surface area contributed by atoms with Crippen molar-refractivity contribution in [2.45, 2.75) is 0 Å². The van der Waals surface area contributed by atoms with Crippen LogP contribution in [-0.4, -0.2) is 15.2 Å². The first-order valence-corrected chi connectivity index (χ1v) is 6.75. The van der Waals surface area contributed by atoms with Crippen molar-refractivity contribution in [2.24, 2.45) is 0 Å². The van der Waals surface area contributed by atoms with E-state index in [1.165, 1.54) is 35.6 Å². The highest BCUT2D eigenvalue weighted by Gasteiger charge is 2.09. The van der Waals surface area contributed by atoms with Crippen LogP contribution in [0.25, 0.3) is 21.8 Å². The summed E-state index contributed by atoms with van der Waals surface area (Å²) in [6.07, 6.45) is 0. The van der Waals surface area contributed by atoms with E-state index in [0.29, 0.717) is 21.8 Å². The van der Waals surface area contributed by atoms with E-state index >= 15 is 0 Å². The lowest BCUT2D eigenvalue weighted by atomic mass is 10.1. The third kappa shape index (κ3) is 2.35. The SMILES string of the molecule is Oc1ccc(-c2csc(-c3cccc(F)c3)n2)cc1O. The molecule has 1 heterocycles. The van der Waals surface area contributed by atoms with Crippen LogP contribution < -0.4 is 0 Å². The van der Waals surface area contributed by atoms with E-state index in [1.54, 1.807) is 18.2 Å². The molecule has 0 saturated heterocycles. The normalized spacial score (nSPS) is 10.7. The summed E-state index contributed by atoms with van der Waals surface area (Å²) in [4.78, 5) is 4.42. The predicted molar refractivity (Wildman–Crippen MR) is 76.3 cm³/mol. The zero-order valence-corrected chi connectivity index (χ0v) is 11.1. The minimum Gasteiger partial charge on any atom is -0.504 e. The monoisotopic (exact) mass is 287 g/mol. The molecule has 0 amide bonds. The van der Waals surface area contributed by atoms with Gasteiger partial charge in [0.2, 0.25) is 0 Å². The first-order chi connectivity index (χ1) is 9.63. The molecule has 2 aromatic carbocycles. The fraction of sp³-hybridized carbons (Fsp3) is 0. The number of phenols is 2. The second kappa shape index (κ2) is 4.94. The van der Waals surface area contributed by atoms with Gasteiger partial charge in [0.05, 0.1) is 5.69 Å². The Hall–Kier alpha value is -2.40. The van der Waals surface area contributed by atoms with Gasteiger partial charge < -0.3 is 10.2 Å². The second-order valence-electron chi connectivity index (χ2n) is 4.25. The molecule has 0 radical (unpaired) electrons. The third-order valence-electron chi connectivity index (χ3n) is 2.85. The summed E-state index contributed by atoms with van der Waals surface area (Å²) < 4.78 is 13.2. The van der Waals surface area contributed by atoms with Gasteiger partial charge in [0, 0.05) is 16.5 Å². The van der Waals surface area contributed by atoms with Crippen molar-refractivity contribution in [1.82, 2.24) is 4.98 Å². The molecule has 1 aromatic heterocycles. The van der Waals surface area contributed by atoms with Gasteiger partial charge in [-0.3, -0.25) is 0 Å². The van der Waals surface area contributed by atoms with Crippen LogP contribution in [0.4, 0.5) is 4.39 Å². The number of rotatable bonds is 2. The molecule has 0 unspecified atom stereocenters. The van der Waals surface area contributed by atoms with E-state index < -0.39 is 0 Å². The quantitative estimate of drug-likeness (QED) is 0.700. The Morgan fingerprint density at radius 1 is 0.950 bits per heavy atom. The molecule has 20 heavy (non-hydrogen) atoms.